The van der Waals surface area contributed by atoms with Crippen molar-refractivity contribution in [1.29, 1.82) is 0 Å². The van der Waals surface area contributed by atoms with E-state index in [1.807, 2.05) is 48.5 Å². The summed E-state index contributed by atoms with van der Waals surface area (Å²) >= 11 is 13.6. The molecule has 0 aromatic heterocycles. The summed E-state index contributed by atoms with van der Waals surface area (Å²) in [7, 11) is 0. The van der Waals surface area contributed by atoms with E-state index < -0.39 is 0 Å². The van der Waals surface area contributed by atoms with Gasteiger partial charge in [-0.05, 0) is 36.8 Å². The fourth-order valence-electron chi connectivity index (χ4n) is 2.68. The van der Waals surface area contributed by atoms with Crippen molar-refractivity contribution in [3.05, 3.63) is 80.8 Å². The minimum absolute atomic E-state index is 0. The van der Waals surface area contributed by atoms with Crippen LogP contribution in [0.25, 0.3) is 11.4 Å². The number of hydrazone groups is 1. The second kappa shape index (κ2) is 7.46. The number of thioether (sulfide) groups is 1. The van der Waals surface area contributed by atoms with Crippen molar-refractivity contribution in [3.63, 3.8) is 0 Å². The van der Waals surface area contributed by atoms with E-state index in [1.165, 1.54) is 4.91 Å². The quantitative estimate of drug-likeness (QED) is 0.757. The van der Waals surface area contributed by atoms with Crippen LogP contribution in [0.15, 0.2) is 64.7 Å². The van der Waals surface area contributed by atoms with Crippen LogP contribution < -0.4 is 22.4 Å². The minimum atomic E-state index is 0. The zero-order valence-electron chi connectivity index (χ0n) is 13.1. The average molecular weight is 454 g/mol. The minimum Gasteiger partial charge on any atom is -1.00 e. The van der Waals surface area contributed by atoms with Crippen molar-refractivity contribution in [3.8, 4) is 0 Å². The van der Waals surface area contributed by atoms with Gasteiger partial charge in [-0.1, -0.05) is 59.2 Å². The number of nitrogens with zero attached hydrogens (tertiary/aromatic N) is 2. The number of rotatable bonds is 2. The van der Waals surface area contributed by atoms with E-state index >= 15 is 0 Å². The molecule has 2 aromatic carbocycles. The number of amidine groups is 1. The third kappa shape index (κ3) is 3.60. The highest BCUT2D eigenvalue weighted by molar-refractivity contribution is 8.17. The second-order valence-corrected chi connectivity index (χ2v) is 7.49. The Morgan fingerprint density at radius 2 is 1.48 bits per heavy atom. The molecular formula is C18H13BrCl2N3S-. The van der Waals surface area contributed by atoms with Gasteiger partial charge in [0, 0.05) is 26.7 Å². The summed E-state index contributed by atoms with van der Waals surface area (Å²) in [6.07, 6.45) is 2.07. The third-order valence-electron chi connectivity index (χ3n) is 3.83. The molecule has 7 heteroatoms. The number of allylic oxidation sites excluding steroid dienone is 1. The smallest absolute Gasteiger partial charge is 0.196 e. The highest BCUT2D eigenvalue weighted by atomic mass is 79.9. The Morgan fingerprint density at radius 3 is 2.08 bits per heavy atom. The number of nitrogens with one attached hydrogen (secondary N) is 1. The van der Waals surface area contributed by atoms with Crippen LogP contribution >= 0.6 is 35.0 Å². The summed E-state index contributed by atoms with van der Waals surface area (Å²) in [6.45, 7) is 2.10. The molecule has 0 amide bonds. The van der Waals surface area contributed by atoms with Gasteiger partial charge in [0.15, 0.2) is 5.17 Å². The largest absolute Gasteiger partial charge is 1.00 e. The van der Waals surface area contributed by atoms with Crippen LogP contribution in [0.4, 0.5) is 0 Å². The maximum absolute atomic E-state index is 6.02. The van der Waals surface area contributed by atoms with E-state index in [-0.39, 0.29) is 17.0 Å². The lowest BCUT2D eigenvalue weighted by Gasteiger charge is -2.24. The van der Waals surface area contributed by atoms with Crippen LogP contribution in [-0.2, 0) is 0 Å². The van der Waals surface area contributed by atoms with E-state index in [0.717, 1.165) is 32.7 Å². The van der Waals surface area contributed by atoms with Crippen LogP contribution in [0.2, 0.25) is 10.0 Å². The molecule has 0 aliphatic carbocycles. The molecule has 0 bridgehead atoms. The van der Waals surface area contributed by atoms with Gasteiger partial charge >= 0.3 is 0 Å². The molecular weight excluding hydrogens is 441 g/mol. The molecule has 0 fully saturated rings. The predicted octanol–water partition coefficient (Wildman–Crippen LogP) is 2.61. The molecule has 0 radical (unpaired) electrons. The van der Waals surface area contributed by atoms with Crippen LogP contribution in [0.5, 0.6) is 0 Å². The first kappa shape index (κ1) is 18.4. The zero-order valence-corrected chi connectivity index (χ0v) is 17.0. The average Bonchev–Trinajstić information content (AvgIpc) is 2.91. The summed E-state index contributed by atoms with van der Waals surface area (Å²) in [4.78, 5) is 3.32. The summed E-state index contributed by atoms with van der Waals surface area (Å²) in [6, 6.07) is 15.6. The molecule has 4 rings (SSSR count). The van der Waals surface area contributed by atoms with Crippen LogP contribution in [0, 0.1) is 0 Å². The topological polar surface area (TPSA) is 27.6 Å². The molecule has 2 aliphatic rings. The summed E-state index contributed by atoms with van der Waals surface area (Å²) in [5.41, 5.74) is 7.33. The first-order valence-electron chi connectivity index (χ1n) is 7.37. The Labute approximate surface area is 171 Å². The maximum Gasteiger partial charge on any atom is 0.196 e. The molecule has 0 saturated carbocycles. The zero-order chi connectivity index (χ0) is 16.7. The molecule has 2 heterocycles. The van der Waals surface area contributed by atoms with E-state index in [4.69, 9.17) is 23.2 Å². The van der Waals surface area contributed by atoms with Crippen LogP contribution in [0.1, 0.15) is 18.1 Å². The van der Waals surface area contributed by atoms with Gasteiger partial charge in [0.25, 0.3) is 0 Å². The lowest BCUT2D eigenvalue weighted by atomic mass is 10.1. The van der Waals surface area contributed by atoms with Crippen molar-refractivity contribution in [2.75, 3.05) is 0 Å². The van der Waals surface area contributed by atoms with Gasteiger partial charge in [-0.2, -0.15) is 0 Å². The fraction of sp³-hybridized carbons (Fsp3) is 0.0556. The highest BCUT2D eigenvalue weighted by Gasteiger charge is 2.30. The Bertz CT molecular complexity index is 890. The number of hydrogen-bond donors (Lipinski definition) is 1. The van der Waals surface area contributed by atoms with Crippen molar-refractivity contribution in [2.24, 2.45) is 5.10 Å². The van der Waals surface area contributed by atoms with E-state index in [9.17, 15) is 0 Å². The van der Waals surface area contributed by atoms with Crippen LogP contribution in [0.3, 0.4) is 0 Å². The standard InChI is InChI=1S/C18H13Cl2N3S.BrH/c1-11-17(13-4-8-15(20)9-5-13)23-10-16(21-22-18(23)24-11)12-2-6-14(19)7-3-12;/h2-10,21H,1H3;1H/p-1. The number of hydrogen-bond acceptors (Lipinski definition) is 4. The normalized spacial score (nSPS) is 15.9. The van der Waals surface area contributed by atoms with E-state index in [1.54, 1.807) is 11.8 Å². The lowest BCUT2D eigenvalue weighted by Crippen LogP contribution is -3.00. The van der Waals surface area contributed by atoms with Gasteiger partial charge < -0.3 is 17.0 Å². The van der Waals surface area contributed by atoms with Crippen molar-refractivity contribution in [1.82, 2.24) is 10.3 Å². The van der Waals surface area contributed by atoms with Crippen molar-refractivity contribution < 1.29 is 17.0 Å². The molecule has 128 valence electrons. The first-order chi connectivity index (χ1) is 11.6. The van der Waals surface area contributed by atoms with Crippen molar-refractivity contribution >= 4 is 51.5 Å². The third-order valence-corrected chi connectivity index (χ3v) is 5.30. The Kier molecular flexibility index (Phi) is 5.49. The molecule has 25 heavy (non-hydrogen) atoms. The Balaban J connectivity index is 0.00000182. The molecule has 0 unspecified atom stereocenters. The monoisotopic (exact) mass is 452 g/mol. The Hall–Kier alpha value is -1.40. The predicted molar refractivity (Wildman–Crippen MR) is 103 cm³/mol. The summed E-state index contributed by atoms with van der Waals surface area (Å²) in [5, 5.41) is 6.86. The van der Waals surface area contributed by atoms with Crippen LogP contribution in [-0.4, -0.2) is 10.1 Å². The molecule has 3 nitrogen and oxygen atoms in total. The molecule has 1 N–H and O–H groups in total. The summed E-state index contributed by atoms with van der Waals surface area (Å²) < 4.78 is 0. The second-order valence-electron chi connectivity index (χ2n) is 5.44. The summed E-state index contributed by atoms with van der Waals surface area (Å²) in [5.74, 6) is 0. The van der Waals surface area contributed by atoms with Gasteiger partial charge in [0.1, 0.15) is 0 Å². The molecule has 0 atom stereocenters. The number of halogens is 3. The van der Waals surface area contributed by atoms with E-state index in [0.29, 0.717) is 5.02 Å². The first-order valence-corrected chi connectivity index (χ1v) is 8.94. The molecule has 2 aliphatic heterocycles. The van der Waals surface area contributed by atoms with Gasteiger partial charge in [-0.15, -0.1) is 5.10 Å². The lowest BCUT2D eigenvalue weighted by molar-refractivity contribution is -0.00000450. The number of fused-ring (bicyclic) bond motifs is 1. The molecule has 0 spiro atoms. The number of benzene rings is 2. The van der Waals surface area contributed by atoms with Gasteiger partial charge in [0.05, 0.1) is 11.4 Å². The molecule has 2 aromatic rings. The van der Waals surface area contributed by atoms with Gasteiger partial charge in [0.2, 0.25) is 0 Å². The van der Waals surface area contributed by atoms with Gasteiger partial charge in [-0.25, -0.2) is 0 Å². The molecule has 0 saturated heterocycles. The Morgan fingerprint density at radius 1 is 0.920 bits per heavy atom. The van der Waals surface area contributed by atoms with Crippen molar-refractivity contribution in [2.45, 2.75) is 6.92 Å². The SMILES string of the molecule is CC1=C(c2ccc(Cl)cc2)N2C=C(c3ccc(Cl)cc3)NN=C2S1.[Br-]. The maximum atomic E-state index is 6.02. The fourth-order valence-corrected chi connectivity index (χ4v) is 3.85. The van der Waals surface area contributed by atoms with Gasteiger partial charge in [-0.3, -0.25) is 10.3 Å². The van der Waals surface area contributed by atoms with E-state index in [2.05, 4.69) is 28.6 Å². The highest BCUT2D eigenvalue weighted by Crippen LogP contribution is 2.41.